The topological polar surface area (TPSA) is 59.9 Å². The third kappa shape index (κ3) is 4.19. The third-order valence-electron chi connectivity index (χ3n) is 4.41. The Morgan fingerprint density at radius 3 is 2.48 bits per heavy atom. The van der Waals surface area contributed by atoms with Gasteiger partial charge in [-0.15, -0.1) is 0 Å². The fourth-order valence-electron chi connectivity index (χ4n) is 3.21. The Bertz CT molecular complexity index is 479. The van der Waals surface area contributed by atoms with Crippen LogP contribution in [0.1, 0.15) is 62.9 Å². The highest BCUT2D eigenvalue weighted by Gasteiger charge is 2.32. The van der Waals surface area contributed by atoms with Gasteiger partial charge in [0.1, 0.15) is 11.5 Å². The molecule has 0 aliphatic heterocycles. The van der Waals surface area contributed by atoms with Crippen molar-refractivity contribution >= 4 is 11.6 Å². The first-order valence-corrected chi connectivity index (χ1v) is 7.92. The summed E-state index contributed by atoms with van der Waals surface area (Å²) in [7, 11) is 0. The van der Waals surface area contributed by atoms with Crippen molar-refractivity contribution in [3.63, 3.8) is 0 Å². The van der Waals surface area contributed by atoms with Gasteiger partial charge in [-0.1, -0.05) is 33.1 Å². The normalized spacial score (nSPS) is 17.7. The zero-order chi connectivity index (χ0) is 15.2. The van der Waals surface area contributed by atoms with Crippen LogP contribution < -0.4 is 0 Å². The number of carbonyl (C=O) groups is 2. The number of nitrogens with zero attached hydrogens (tertiary/aromatic N) is 2. The van der Waals surface area contributed by atoms with E-state index in [-0.39, 0.29) is 29.8 Å². The zero-order valence-electron chi connectivity index (χ0n) is 12.9. The molecule has 1 aromatic heterocycles. The van der Waals surface area contributed by atoms with Crippen molar-refractivity contribution in [3.8, 4) is 0 Å². The van der Waals surface area contributed by atoms with Crippen LogP contribution in [0.2, 0.25) is 0 Å². The second kappa shape index (κ2) is 7.43. The molecular formula is C17H24N2O2. The smallest absolute Gasteiger partial charge is 0.183 e. The highest BCUT2D eigenvalue weighted by atomic mass is 16.1. The van der Waals surface area contributed by atoms with E-state index in [0.29, 0.717) is 11.6 Å². The lowest BCUT2D eigenvalue weighted by atomic mass is 9.74. The monoisotopic (exact) mass is 288 g/mol. The Hall–Kier alpha value is -1.58. The van der Waals surface area contributed by atoms with Gasteiger partial charge < -0.3 is 0 Å². The SMILES string of the molecule is CC(C)C(=O)[C@@H](CC(=O)c1cnccn1)C1CCCCC1. The molecule has 1 aliphatic carbocycles. The Morgan fingerprint density at radius 1 is 1.19 bits per heavy atom. The van der Waals surface area contributed by atoms with Gasteiger partial charge in [0, 0.05) is 30.7 Å². The van der Waals surface area contributed by atoms with Gasteiger partial charge in [0.15, 0.2) is 5.78 Å². The fraction of sp³-hybridized carbons (Fsp3) is 0.647. The van der Waals surface area contributed by atoms with Crippen molar-refractivity contribution in [2.45, 2.75) is 52.4 Å². The molecule has 0 N–H and O–H groups in total. The predicted octanol–water partition coefficient (Wildman–Crippen LogP) is 3.47. The van der Waals surface area contributed by atoms with E-state index in [1.165, 1.54) is 31.7 Å². The quantitative estimate of drug-likeness (QED) is 0.752. The lowest BCUT2D eigenvalue weighted by Crippen LogP contribution is -2.31. The Labute approximate surface area is 126 Å². The summed E-state index contributed by atoms with van der Waals surface area (Å²) in [6.07, 6.45) is 10.6. The number of aromatic nitrogens is 2. The summed E-state index contributed by atoms with van der Waals surface area (Å²) in [4.78, 5) is 32.9. The predicted molar refractivity (Wildman–Crippen MR) is 80.9 cm³/mol. The number of carbonyl (C=O) groups excluding carboxylic acids is 2. The van der Waals surface area contributed by atoms with Crippen LogP contribution in [0.4, 0.5) is 0 Å². The standard InChI is InChI=1S/C17H24N2O2/c1-12(2)17(21)14(13-6-4-3-5-7-13)10-16(20)15-11-18-8-9-19-15/h8-9,11-14H,3-7,10H2,1-2H3/t14-/m0/s1. The van der Waals surface area contributed by atoms with Crippen LogP contribution in [-0.4, -0.2) is 21.5 Å². The molecule has 0 aromatic carbocycles. The molecule has 2 rings (SSSR count). The average Bonchev–Trinajstić information content (AvgIpc) is 2.53. The van der Waals surface area contributed by atoms with Gasteiger partial charge >= 0.3 is 0 Å². The summed E-state index contributed by atoms with van der Waals surface area (Å²) in [6, 6.07) is 0. The molecule has 114 valence electrons. The molecule has 1 fully saturated rings. The molecule has 0 spiro atoms. The Balaban J connectivity index is 2.11. The zero-order valence-corrected chi connectivity index (χ0v) is 12.9. The Morgan fingerprint density at radius 2 is 1.90 bits per heavy atom. The van der Waals surface area contributed by atoms with Crippen molar-refractivity contribution in [3.05, 3.63) is 24.3 Å². The minimum atomic E-state index is -0.153. The average molecular weight is 288 g/mol. The maximum Gasteiger partial charge on any atom is 0.183 e. The maximum atomic E-state index is 12.5. The maximum absolute atomic E-state index is 12.5. The lowest BCUT2D eigenvalue weighted by Gasteiger charge is -2.30. The van der Waals surface area contributed by atoms with Crippen molar-refractivity contribution in [1.29, 1.82) is 0 Å². The molecule has 1 heterocycles. The van der Waals surface area contributed by atoms with Crippen molar-refractivity contribution < 1.29 is 9.59 Å². The molecule has 4 nitrogen and oxygen atoms in total. The van der Waals surface area contributed by atoms with Gasteiger partial charge in [-0.25, -0.2) is 4.98 Å². The highest BCUT2D eigenvalue weighted by Crippen LogP contribution is 2.34. The molecule has 4 heteroatoms. The van der Waals surface area contributed by atoms with Crippen LogP contribution in [0.15, 0.2) is 18.6 Å². The lowest BCUT2D eigenvalue weighted by molar-refractivity contribution is -0.127. The van der Waals surface area contributed by atoms with Gasteiger partial charge in [0.05, 0.1) is 6.20 Å². The van der Waals surface area contributed by atoms with E-state index in [0.717, 1.165) is 12.8 Å². The van der Waals surface area contributed by atoms with Crippen LogP contribution in [0, 0.1) is 17.8 Å². The van der Waals surface area contributed by atoms with Crippen LogP contribution >= 0.6 is 0 Å². The van der Waals surface area contributed by atoms with Gasteiger partial charge in [0.25, 0.3) is 0 Å². The molecule has 0 bridgehead atoms. The molecule has 21 heavy (non-hydrogen) atoms. The van der Waals surface area contributed by atoms with E-state index < -0.39 is 0 Å². The number of Topliss-reactive ketones (excluding diaryl/α,β-unsaturated/α-hetero) is 2. The molecular weight excluding hydrogens is 264 g/mol. The Kier molecular flexibility index (Phi) is 5.59. The van der Waals surface area contributed by atoms with Crippen LogP contribution in [0.5, 0.6) is 0 Å². The summed E-state index contributed by atoms with van der Waals surface area (Å²) in [5.74, 6) is 0.340. The van der Waals surface area contributed by atoms with Crippen LogP contribution in [0.3, 0.4) is 0 Å². The van der Waals surface area contributed by atoms with E-state index in [2.05, 4.69) is 9.97 Å². The first kappa shape index (κ1) is 15.8. The summed E-state index contributed by atoms with van der Waals surface area (Å²) < 4.78 is 0. The first-order chi connectivity index (χ1) is 10.1. The van der Waals surface area contributed by atoms with Gasteiger partial charge in [-0.3, -0.25) is 14.6 Å². The van der Waals surface area contributed by atoms with E-state index in [9.17, 15) is 9.59 Å². The van der Waals surface area contributed by atoms with Crippen LogP contribution in [-0.2, 0) is 4.79 Å². The largest absolute Gasteiger partial charge is 0.299 e. The number of hydrogen-bond donors (Lipinski definition) is 0. The second-order valence-corrected chi connectivity index (χ2v) is 6.28. The molecule has 1 aromatic rings. The molecule has 1 saturated carbocycles. The summed E-state index contributed by atoms with van der Waals surface area (Å²) in [5.41, 5.74) is 0.370. The third-order valence-corrected chi connectivity index (χ3v) is 4.41. The molecule has 1 atom stereocenters. The van der Waals surface area contributed by atoms with Gasteiger partial charge in [0.2, 0.25) is 0 Å². The number of rotatable bonds is 6. The summed E-state index contributed by atoms with van der Waals surface area (Å²) in [6.45, 7) is 3.84. The van der Waals surface area contributed by atoms with E-state index >= 15 is 0 Å². The molecule has 0 amide bonds. The fourth-order valence-corrected chi connectivity index (χ4v) is 3.21. The van der Waals surface area contributed by atoms with Gasteiger partial charge in [-0.2, -0.15) is 0 Å². The van der Waals surface area contributed by atoms with Crippen molar-refractivity contribution in [2.75, 3.05) is 0 Å². The summed E-state index contributed by atoms with van der Waals surface area (Å²) >= 11 is 0. The minimum absolute atomic E-state index is 0.0217. The molecule has 0 unspecified atom stereocenters. The number of hydrogen-bond acceptors (Lipinski definition) is 4. The highest BCUT2D eigenvalue weighted by molar-refractivity contribution is 5.97. The minimum Gasteiger partial charge on any atom is -0.299 e. The summed E-state index contributed by atoms with van der Waals surface area (Å²) in [5, 5.41) is 0. The van der Waals surface area contributed by atoms with Gasteiger partial charge in [-0.05, 0) is 18.8 Å². The van der Waals surface area contributed by atoms with E-state index in [1.807, 2.05) is 13.8 Å². The molecule has 0 radical (unpaired) electrons. The number of ketones is 2. The van der Waals surface area contributed by atoms with Crippen molar-refractivity contribution in [2.24, 2.45) is 17.8 Å². The van der Waals surface area contributed by atoms with Crippen molar-refractivity contribution in [1.82, 2.24) is 9.97 Å². The van der Waals surface area contributed by atoms with E-state index in [1.54, 1.807) is 6.20 Å². The van der Waals surface area contributed by atoms with E-state index in [4.69, 9.17) is 0 Å². The second-order valence-electron chi connectivity index (χ2n) is 6.28. The first-order valence-electron chi connectivity index (χ1n) is 7.92. The van der Waals surface area contributed by atoms with Crippen LogP contribution in [0.25, 0.3) is 0 Å². The molecule has 0 saturated heterocycles. The molecule has 1 aliphatic rings.